The van der Waals surface area contributed by atoms with Crippen LogP contribution in [-0.2, 0) is 4.74 Å². The normalized spacial score (nSPS) is 9.44. The molecule has 5 N–H and O–H groups in total. The molecular formula is C16H23N3O6. The van der Waals surface area contributed by atoms with Gasteiger partial charge in [0.2, 0.25) is 5.91 Å². The highest BCUT2D eigenvalue weighted by atomic mass is 16.6. The Balaban J connectivity index is 0.000000477. The third-order valence-electron chi connectivity index (χ3n) is 3.24. The van der Waals surface area contributed by atoms with Crippen LogP contribution in [0.1, 0.15) is 45.7 Å². The minimum atomic E-state index is -1.07. The van der Waals surface area contributed by atoms with Gasteiger partial charge >= 0.3 is 18.2 Å². The van der Waals surface area contributed by atoms with Crippen molar-refractivity contribution in [3.8, 4) is 0 Å². The summed E-state index contributed by atoms with van der Waals surface area (Å²) in [5.74, 6) is -1.54. The summed E-state index contributed by atoms with van der Waals surface area (Å²) >= 11 is 0. The van der Waals surface area contributed by atoms with Crippen molar-refractivity contribution in [2.45, 2.75) is 27.7 Å². The maximum atomic E-state index is 10.9. The van der Waals surface area contributed by atoms with Crippen LogP contribution in [0.25, 0.3) is 0 Å². The number of rotatable bonds is 4. The third kappa shape index (κ3) is 6.90. The molecule has 0 saturated carbocycles. The molecule has 0 aromatic heterocycles. The number of carbonyl (C=O) groups is 4. The topological polar surface area (TPSA) is 153 Å². The summed E-state index contributed by atoms with van der Waals surface area (Å²) in [6.45, 7) is 7.86. The van der Waals surface area contributed by atoms with E-state index in [1.54, 1.807) is 27.7 Å². The van der Waals surface area contributed by atoms with E-state index in [1.165, 1.54) is 17.0 Å². The molecule has 9 nitrogen and oxygen atoms in total. The molecule has 1 aromatic carbocycles. The number of carbonyl (C=O) groups excluding carboxylic acids is 3. The Bertz CT molecular complexity index is 645. The number of nitrogens with zero attached hydrogens (tertiary/aromatic N) is 1. The number of nitrogens with two attached hydrogens (primary N) is 2. The van der Waals surface area contributed by atoms with E-state index in [4.69, 9.17) is 10.8 Å². The summed E-state index contributed by atoms with van der Waals surface area (Å²) in [6.07, 6.45) is -1.76. The van der Waals surface area contributed by atoms with E-state index >= 15 is 0 Å². The molecule has 0 bridgehead atoms. The lowest BCUT2D eigenvalue weighted by molar-refractivity contribution is 0.0694. The predicted molar refractivity (Wildman–Crippen MR) is 90.4 cm³/mol. The highest BCUT2D eigenvalue weighted by Crippen LogP contribution is 2.16. The molecule has 3 amide bonds. The number of carboxylic acid groups (broad SMARTS) is 1. The van der Waals surface area contributed by atoms with Crippen LogP contribution in [-0.4, -0.2) is 47.2 Å². The fourth-order valence-corrected chi connectivity index (χ4v) is 2.08. The standard InChI is InChI=1S/C10H11NO3.C6H12N2O3/c1-5-3-7(9(11)12)4-6(2)8(5)10(13)14;1-3-8(4-2)6(10)11-5(7)9/h3-4H,1-2H3,(H2,11,12)(H,13,14);3-4H2,1-2H3,(H2,7,9). The monoisotopic (exact) mass is 353 g/mol. The Hall–Kier alpha value is -3.10. The van der Waals surface area contributed by atoms with Crippen LogP contribution in [0.4, 0.5) is 9.59 Å². The van der Waals surface area contributed by atoms with Gasteiger partial charge in [0.1, 0.15) is 0 Å². The Morgan fingerprint density at radius 1 is 1.04 bits per heavy atom. The summed E-state index contributed by atoms with van der Waals surface area (Å²) < 4.78 is 4.12. The molecule has 0 fully saturated rings. The first-order chi connectivity index (χ1) is 11.5. The minimum absolute atomic E-state index is 0.231. The molecule has 0 aliphatic heterocycles. The zero-order valence-electron chi connectivity index (χ0n) is 14.7. The number of benzene rings is 1. The first-order valence-electron chi connectivity index (χ1n) is 7.45. The van der Waals surface area contributed by atoms with Crippen LogP contribution in [0.5, 0.6) is 0 Å². The van der Waals surface area contributed by atoms with E-state index in [0.717, 1.165) is 0 Å². The van der Waals surface area contributed by atoms with Crippen molar-refractivity contribution in [1.29, 1.82) is 0 Å². The summed E-state index contributed by atoms with van der Waals surface area (Å²) in [5, 5.41) is 8.86. The fourth-order valence-electron chi connectivity index (χ4n) is 2.08. The zero-order chi connectivity index (χ0) is 19.7. The van der Waals surface area contributed by atoms with E-state index in [2.05, 4.69) is 10.5 Å². The molecule has 0 spiro atoms. The van der Waals surface area contributed by atoms with Crippen LogP contribution in [0.2, 0.25) is 0 Å². The van der Waals surface area contributed by atoms with E-state index in [-0.39, 0.29) is 5.56 Å². The van der Waals surface area contributed by atoms with Crippen molar-refractivity contribution in [3.05, 3.63) is 34.4 Å². The molecular weight excluding hydrogens is 330 g/mol. The highest BCUT2D eigenvalue weighted by molar-refractivity contribution is 5.96. The lowest BCUT2D eigenvalue weighted by atomic mass is 9.99. The summed E-state index contributed by atoms with van der Waals surface area (Å²) in [6, 6.07) is 2.97. The van der Waals surface area contributed by atoms with Gasteiger partial charge in [0.15, 0.2) is 0 Å². The molecule has 0 unspecified atom stereocenters. The Kier molecular flexibility index (Phi) is 8.68. The first-order valence-corrected chi connectivity index (χ1v) is 7.45. The molecule has 0 aliphatic carbocycles. The number of hydrogen-bond donors (Lipinski definition) is 3. The van der Waals surface area contributed by atoms with Crippen molar-refractivity contribution >= 4 is 24.1 Å². The van der Waals surface area contributed by atoms with E-state index in [1.807, 2.05) is 0 Å². The second-order valence-corrected chi connectivity index (χ2v) is 5.01. The SMILES string of the molecule is CCN(CC)C(=O)OC(N)=O.Cc1cc(C(N)=O)cc(C)c1C(=O)O. The molecule has 0 saturated heterocycles. The number of hydrogen-bond acceptors (Lipinski definition) is 5. The minimum Gasteiger partial charge on any atom is -0.478 e. The van der Waals surface area contributed by atoms with Crippen molar-refractivity contribution < 1.29 is 29.0 Å². The molecule has 25 heavy (non-hydrogen) atoms. The molecule has 0 atom stereocenters. The van der Waals surface area contributed by atoms with Gasteiger partial charge in [-0.15, -0.1) is 0 Å². The lowest BCUT2D eigenvalue weighted by Gasteiger charge is -2.15. The van der Waals surface area contributed by atoms with Crippen molar-refractivity contribution in [1.82, 2.24) is 4.90 Å². The molecule has 0 aliphatic rings. The second-order valence-electron chi connectivity index (χ2n) is 5.01. The van der Waals surface area contributed by atoms with E-state index in [0.29, 0.717) is 29.8 Å². The number of aromatic carboxylic acids is 1. The van der Waals surface area contributed by atoms with Crippen LogP contribution in [0, 0.1) is 13.8 Å². The van der Waals surface area contributed by atoms with Crippen molar-refractivity contribution in [3.63, 3.8) is 0 Å². The number of ether oxygens (including phenoxy) is 1. The van der Waals surface area contributed by atoms with Crippen LogP contribution in [0.15, 0.2) is 12.1 Å². The number of aryl methyl sites for hydroxylation is 2. The quantitative estimate of drug-likeness (QED) is 0.699. The maximum Gasteiger partial charge on any atom is 0.418 e. The molecule has 1 rings (SSSR count). The molecule has 138 valence electrons. The molecule has 1 aromatic rings. The van der Waals surface area contributed by atoms with Gasteiger partial charge in [-0.3, -0.25) is 4.79 Å². The van der Waals surface area contributed by atoms with Gasteiger partial charge in [-0.05, 0) is 51.0 Å². The number of amides is 3. The second kappa shape index (κ2) is 9.91. The Morgan fingerprint density at radius 3 is 1.76 bits per heavy atom. The Labute approximate surface area is 145 Å². The van der Waals surface area contributed by atoms with Crippen molar-refractivity contribution in [2.24, 2.45) is 11.5 Å². The maximum absolute atomic E-state index is 10.9. The van der Waals surface area contributed by atoms with Crippen LogP contribution < -0.4 is 11.5 Å². The van der Waals surface area contributed by atoms with Gasteiger partial charge in [-0.25, -0.2) is 14.4 Å². The van der Waals surface area contributed by atoms with E-state index < -0.39 is 24.1 Å². The molecule has 0 heterocycles. The highest BCUT2D eigenvalue weighted by Gasteiger charge is 2.13. The molecule has 9 heteroatoms. The van der Waals surface area contributed by atoms with Gasteiger partial charge < -0.3 is 26.2 Å². The van der Waals surface area contributed by atoms with Crippen LogP contribution >= 0.6 is 0 Å². The Morgan fingerprint density at radius 2 is 1.48 bits per heavy atom. The van der Waals surface area contributed by atoms with Gasteiger partial charge in [0.05, 0.1) is 5.56 Å². The van der Waals surface area contributed by atoms with E-state index in [9.17, 15) is 19.2 Å². The van der Waals surface area contributed by atoms with Gasteiger partial charge in [0.25, 0.3) is 0 Å². The number of carboxylic acids is 1. The number of primary amides is 2. The zero-order valence-corrected chi connectivity index (χ0v) is 14.7. The first kappa shape index (κ1) is 21.9. The summed E-state index contributed by atoms with van der Waals surface area (Å²) in [4.78, 5) is 43.9. The summed E-state index contributed by atoms with van der Waals surface area (Å²) in [5.41, 5.74) is 11.4. The average molecular weight is 353 g/mol. The van der Waals surface area contributed by atoms with Crippen molar-refractivity contribution in [2.75, 3.05) is 13.1 Å². The van der Waals surface area contributed by atoms with Gasteiger partial charge in [0, 0.05) is 18.7 Å². The third-order valence-corrected chi connectivity index (χ3v) is 3.24. The smallest absolute Gasteiger partial charge is 0.418 e. The average Bonchev–Trinajstić information content (AvgIpc) is 2.47. The lowest BCUT2D eigenvalue weighted by Crippen LogP contribution is -2.34. The van der Waals surface area contributed by atoms with Gasteiger partial charge in [-0.1, -0.05) is 0 Å². The molecule has 0 radical (unpaired) electrons. The van der Waals surface area contributed by atoms with Crippen LogP contribution in [0.3, 0.4) is 0 Å². The summed E-state index contributed by atoms with van der Waals surface area (Å²) in [7, 11) is 0. The largest absolute Gasteiger partial charge is 0.478 e. The fraction of sp³-hybridized carbons (Fsp3) is 0.375. The predicted octanol–water partition coefficient (Wildman–Crippen LogP) is 1.64. The van der Waals surface area contributed by atoms with Gasteiger partial charge in [-0.2, -0.15) is 0 Å².